The van der Waals surface area contributed by atoms with E-state index >= 15 is 0 Å². The molecule has 0 bridgehead atoms. The molecule has 3 rings (SSSR count). The van der Waals surface area contributed by atoms with Gasteiger partial charge in [-0.15, -0.1) is 11.3 Å². The van der Waals surface area contributed by atoms with E-state index in [1.807, 2.05) is 6.20 Å². The third-order valence-electron chi connectivity index (χ3n) is 3.92. The highest BCUT2D eigenvalue weighted by Gasteiger charge is 2.32. The quantitative estimate of drug-likeness (QED) is 0.884. The highest BCUT2D eigenvalue weighted by molar-refractivity contribution is 7.15. The van der Waals surface area contributed by atoms with Gasteiger partial charge < -0.3 is 15.8 Å². The number of thiazole rings is 1. The average Bonchev–Trinajstić information content (AvgIpc) is 2.84. The molecule has 1 saturated heterocycles. The molecule has 0 unspecified atom stereocenters. The molecule has 19 heavy (non-hydrogen) atoms. The summed E-state index contributed by atoms with van der Waals surface area (Å²) in [6.07, 6.45) is 5.58. The van der Waals surface area contributed by atoms with E-state index in [2.05, 4.69) is 10.3 Å². The number of nitrogens with two attached hydrogens (primary N) is 1. The SMILES string of the molecule is NC1CC(C(=O)Nc2ncc(C3CCOCC3)s2)C1. The Kier molecular flexibility index (Phi) is 3.81. The minimum absolute atomic E-state index is 0.0644. The minimum Gasteiger partial charge on any atom is -0.381 e. The van der Waals surface area contributed by atoms with Crippen LogP contribution in [0.3, 0.4) is 0 Å². The van der Waals surface area contributed by atoms with Gasteiger partial charge in [0.1, 0.15) is 0 Å². The fraction of sp³-hybridized carbons (Fsp3) is 0.692. The van der Waals surface area contributed by atoms with Gasteiger partial charge in [-0.1, -0.05) is 0 Å². The largest absolute Gasteiger partial charge is 0.381 e. The van der Waals surface area contributed by atoms with Crippen LogP contribution in [0, 0.1) is 5.92 Å². The van der Waals surface area contributed by atoms with Gasteiger partial charge in [-0.2, -0.15) is 0 Å². The maximum atomic E-state index is 11.9. The molecule has 1 aromatic heterocycles. The zero-order chi connectivity index (χ0) is 13.2. The van der Waals surface area contributed by atoms with Crippen molar-refractivity contribution >= 4 is 22.4 Å². The Morgan fingerprint density at radius 3 is 2.84 bits per heavy atom. The second kappa shape index (κ2) is 5.56. The van der Waals surface area contributed by atoms with Crippen LogP contribution >= 0.6 is 11.3 Å². The Labute approximate surface area is 116 Å². The van der Waals surface area contributed by atoms with Crippen molar-refractivity contribution in [1.82, 2.24) is 4.98 Å². The van der Waals surface area contributed by atoms with Crippen LogP contribution in [0.2, 0.25) is 0 Å². The lowest BCUT2D eigenvalue weighted by Crippen LogP contribution is -2.42. The van der Waals surface area contributed by atoms with Crippen LogP contribution in [-0.4, -0.2) is 30.1 Å². The summed E-state index contributed by atoms with van der Waals surface area (Å²) in [7, 11) is 0. The van der Waals surface area contributed by atoms with Gasteiger partial charge in [-0.25, -0.2) is 4.98 Å². The summed E-state index contributed by atoms with van der Waals surface area (Å²) in [5.41, 5.74) is 5.70. The molecular formula is C13H19N3O2S. The van der Waals surface area contributed by atoms with E-state index in [-0.39, 0.29) is 17.9 Å². The van der Waals surface area contributed by atoms with Crippen molar-refractivity contribution < 1.29 is 9.53 Å². The van der Waals surface area contributed by atoms with Gasteiger partial charge in [0.15, 0.2) is 5.13 Å². The van der Waals surface area contributed by atoms with Crippen LogP contribution in [0.4, 0.5) is 5.13 Å². The van der Waals surface area contributed by atoms with E-state index in [1.165, 1.54) is 4.88 Å². The lowest BCUT2D eigenvalue weighted by molar-refractivity contribution is -0.122. The van der Waals surface area contributed by atoms with Crippen LogP contribution in [0.1, 0.15) is 36.5 Å². The Hall–Kier alpha value is -0.980. The normalized spacial score (nSPS) is 27.8. The summed E-state index contributed by atoms with van der Waals surface area (Å²) in [4.78, 5) is 17.5. The van der Waals surface area contributed by atoms with Crippen molar-refractivity contribution in [3.63, 3.8) is 0 Å². The molecule has 0 atom stereocenters. The number of hydrogen-bond donors (Lipinski definition) is 2. The summed E-state index contributed by atoms with van der Waals surface area (Å²) in [6.45, 7) is 1.65. The predicted octanol–water partition coefficient (Wildman–Crippen LogP) is 1.71. The molecule has 1 aliphatic heterocycles. The van der Waals surface area contributed by atoms with Crippen molar-refractivity contribution in [3.8, 4) is 0 Å². The van der Waals surface area contributed by atoms with Gasteiger partial charge in [0.25, 0.3) is 0 Å². The fourth-order valence-electron chi connectivity index (χ4n) is 2.60. The third-order valence-corrected chi connectivity index (χ3v) is 5.00. The first-order chi connectivity index (χ1) is 9.22. The van der Waals surface area contributed by atoms with Gasteiger partial charge in [-0.05, 0) is 31.6 Å². The second-order valence-electron chi connectivity index (χ2n) is 5.37. The molecule has 1 aliphatic carbocycles. The number of amides is 1. The van der Waals surface area contributed by atoms with Gasteiger partial charge in [0.2, 0.25) is 5.91 Å². The Balaban J connectivity index is 1.57. The Morgan fingerprint density at radius 2 is 2.16 bits per heavy atom. The van der Waals surface area contributed by atoms with Crippen molar-refractivity contribution in [2.75, 3.05) is 18.5 Å². The number of nitrogens with one attached hydrogen (secondary N) is 1. The first-order valence-corrected chi connectivity index (χ1v) is 7.64. The molecule has 2 heterocycles. The van der Waals surface area contributed by atoms with Crippen molar-refractivity contribution in [3.05, 3.63) is 11.1 Å². The second-order valence-corrected chi connectivity index (χ2v) is 6.43. The summed E-state index contributed by atoms with van der Waals surface area (Å²) in [6, 6.07) is 0.199. The number of hydrogen-bond acceptors (Lipinski definition) is 5. The third kappa shape index (κ3) is 2.96. The molecular weight excluding hydrogens is 262 g/mol. The van der Waals surface area contributed by atoms with Crippen LogP contribution in [-0.2, 0) is 9.53 Å². The number of carbonyl (C=O) groups is 1. The maximum Gasteiger partial charge on any atom is 0.229 e. The Morgan fingerprint density at radius 1 is 1.42 bits per heavy atom. The van der Waals surface area contributed by atoms with E-state index in [0.717, 1.165) is 38.9 Å². The molecule has 6 heteroatoms. The van der Waals surface area contributed by atoms with Crippen LogP contribution < -0.4 is 11.1 Å². The minimum atomic E-state index is 0.0644. The number of ether oxygens (including phenoxy) is 1. The molecule has 1 saturated carbocycles. The molecule has 0 radical (unpaired) electrons. The lowest BCUT2D eigenvalue weighted by Gasteiger charge is -2.30. The first-order valence-electron chi connectivity index (χ1n) is 6.82. The zero-order valence-corrected chi connectivity index (χ0v) is 11.6. The molecule has 2 aliphatic rings. The molecule has 0 spiro atoms. The number of anilines is 1. The molecule has 0 aromatic carbocycles. The standard InChI is InChI=1S/C13H19N3O2S/c14-10-5-9(6-10)12(17)16-13-15-7-11(19-13)8-1-3-18-4-2-8/h7-10H,1-6,14H2,(H,15,16,17). The fourth-order valence-corrected chi connectivity index (χ4v) is 3.59. The summed E-state index contributed by atoms with van der Waals surface area (Å²) in [5, 5.41) is 3.62. The Bertz CT molecular complexity index is 450. The van der Waals surface area contributed by atoms with Crippen LogP contribution in [0.25, 0.3) is 0 Å². The summed E-state index contributed by atoms with van der Waals surface area (Å²) >= 11 is 1.59. The van der Waals surface area contributed by atoms with Crippen molar-refractivity contribution in [1.29, 1.82) is 0 Å². The van der Waals surface area contributed by atoms with Crippen molar-refractivity contribution in [2.24, 2.45) is 11.7 Å². The number of rotatable bonds is 3. The topological polar surface area (TPSA) is 77.2 Å². The summed E-state index contributed by atoms with van der Waals surface area (Å²) in [5.74, 6) is 0.675. The van der Waals surface area contributed by atoms with Crippen molar-refractivity contribution in [2.45, 2.75) is 37.6 Å². The number of nitrogens with zero attached hydrogens (tertiary/aromatic N) is 1. The first kappa shape index (κ1) is 13.0. The van der Waals surface area contributed by atoms with E-state index in [1.54, 1.807) is 11.3 Å². The monoisotopic (exact) mass is 281 g/mol. The van der Waals surface area contributed by atoms with Gasteiger partial charge in [0.05, 0.1) is 0 Å². The van der Waals surface area contributed by atoms with Crippen LogP contribution in [0.5, 0.6) is 0 Å². The van der Waals surface area contributed by atoms with E-state index in [4.69, 9.17) is 10.5 Å². The molecule has 104 valence electrons. The number of aromatic nitrogens is 1. The summed E-state index contributed by atoms with van der Waals surface area (Å²) < 4.78 is 5.36. The van der Waals surface area contributed by atoms with Gasteiger partial charge >= 0.3 is 0 Å². The molecule has 1 amide bonds. The van der Waals surface area contributed by atoms with Gasteiger partial charge in [-0.3, -0.25) is 4.79 Å². The van der Waals surface area contributed by atoms with Gasteiger partial charge in [0, 0.05) is 36.2 Å². The van der Waals surface area contributed by atoms with E-state index < -0.39 is 0 Å². The molecule has 2 fully saturated rings. The van der Waals surface area contributed by atoms with E-state index in [9.17, 15) is 4.79 Å². The average molecular weight is 281 g/mol. The maximum absolute atomic E-state index is 11.9. The molecule has 3 N–H and O–H groups in total. The highest BCUT2D eigenvalue weighted by atomic mass is 32.1. The highest BCUT2D eigenvalue weighted by Crippen LogP contribution is 2.33. The molecule has 5 nitrogen and oxygen atoms in total. The lowest BCUT2D eigenvalue weighted by atomic mass is 9.80. The zero-order valence-electron chi connectivity index (χ0n) is 10.8. The number of carbonyl (C=O) groups excluding carboxylic acids is 1. The smallest absolute Gasteiger partial charge is 0.229 e. The van der Waals surface area contributed by atoms with E-state index in [0.29, 0.717) is 11.0 Å². The van der Waals surface area contributed by atoms with Crippen LogP contribution in [0.15, 0.2) is 6.20 Å². The molecule has 1 aromatic rings. The predicted molar refractivity (Wildman–Crippen MR) is 74.2 cm³/mol.